The molecule has 6 heteroatoms. The number of anilines is 1. The van der Waals surface area contributed by atoms with Crippen molar-refractivity contribution in [2.45, 2.75) is 40.2 Å². The van der Waals surface area contributed by atoms with Crippen molar-refractivity contribution in [2.24, 2.45) is 0 Å². The molecule has 0 amide bonds. The van der Waals surface area contributed by atoms with Gasteiger partial charge in [-0.2, -0.15) is 0 Å². The van der Waals surface area contributed by atoms with E-state index in [0.717, 1.165) is 48.7 Å². The number of H-pyrrole nitrogens is 1. The molecule has 1 aromatic carbocycles. The zero-order valence-electron chi connectivity index (χ0n) is 14.5. The largest absolute Gasteiger partial charge is 0.358 e. The lowest BCUT2D eigenvalue weighted by atomic mass is 10.1. The van der Waals surface area contributed by atoms with Crippen molar-refractivity contribution in [3.05, 3.63) is 50.0 Å². The minimum atomic E-state index is -0.0924. The molecule has 0 atom stereocenters. The maximum Gasteiger partial charge on any atom is 0.258 e. The molecule has 0 unspecified atom stereocenters. The summed E-state index contributed by atoms with van der Waals surface area (Å²) in [4.78, 5) is 17.5. The molecule has 128 valence electrons. The van der Waals surface area contributed by atoms with Gasteiger partial charge in [-0.3, -0.25) is 19.2 Å². The van der Waals surface area contributed by atoms with E-state index in [1.807, 2.05) is 16.7 Å². The fraction of sp³-hybridized carbons (Fsp3) is 0.444. The molecule has 0 bridgehead atoms. The number of aromatic amines is 1. The maximum absolute atomic E-state index is 12.4. The number of nitrogens with zero attached hydrogens (tertiary/aromatic N) is 2. The molecule has 2 heterocycles. The predicted octanol–water partition coefficient (Wildman–Crippen LogP) is 3.50. The van der Waals surface area contributed by atoms with Crippen LogP contribution in [0, 0.1) is 18.6 Å². The molecule has 0 saturated heterocycles. The van der Waals surface area contributed by atoms with E-state index in [9.17, 15) is 4.79 Å². The van der Waals surface area contributed by atoms with E-state index in [0.29, 0.717) is 11.3 Å². The summed E-state index contributed by atoms with van der Waals surface area (Å²) in [6.45, 7) is 8.71. The molecule has 3 rings (SSSR count). The van der Waals surface area contributed by atoms with Gasteiger partial charge in [0.05, 0.1) is 17.9 Å². The van der Waals surface area contributed by atoms with E-state index in [2.05, 4.69) is 42.0 Å². The van der Waals surface area contributed by atoms with E-state index in [1.165, 1.54) is 5.56 Å². The highest BCUT2D eigenvalue weighted by molar-refractivity contribution is 7.71. The lowest BCUT2D eigenvalue weighted by Gasteiger charge is -2.31. The molecule has 1 aliphatic heterocycles. The Kier molecular flexibility index (Phi) is 4.87. The second kappa shape index (κ2) is 6.91. The average molecular weight is 344 g/mol. The summed E-state index contributed by atoms with van der Waals surface area (Å²) in [5, 5.41) is 3.42. The first-order valence-electron chi connectivity index (χ1n) is 8.44. The van der Waals surface area contributed by atoms with Crippen LogP contribution in [0.1, 0.15) is 36.5 Å². The van der Waals surface area contributed by atoms with Gasteiger partial charge >= 0.3 is 0 Å². The van der Waals surface area contributed by atoms with Crippen molar-refractivity contribution in [1.82, 2.24) is 14.5 Å². The highest BCUT2D eigenvalue weighted by Gasteiger charge is 2.22. The van der Waals surface area contributed by atoms with Gasteiger partial charge < -0.3 is 5.32 Å². The van der Waals surface area contributed by atoms with E-state index in [1.54, 1.807) is 0 Å². The molecule has 1 aliphatic rings. The molecule has 0 saturated carbocycles. The van der Waals surface area contributed by atoms with Crippen molar-refractivity contribution < 1.29 is 0 Å². The van der Waals surface area contributed by atoms with Crippen molar-refractivity contribution in [3.63, 3.8) is 0 Å². The quantitative estimate of drug-likeness (QED) is 0.834. The minimum Gasteiger partial charge on any atom is -0.358 e. The fourth-order valence-corrected chi connectivity index (χ4v) is 3.40. The van der Waals surface area contributed by atoms with E-state index in [-0.39, 0.29) is 5.56 Å². The molecule has 2 N–H and O–H groups in total. The number of hydrogen-bond acceptors (Lipinski definition) is 4. The Labute approximate surface area is 147 Å². The van der Waals surface area contributed by atoms with Gasteiger partial charge in [-0.1, -0.05) is 25.5 Å². The minimum absolute atomic E-state index is 0.0924. The third kappa shape index (κ3) is 3.03. The van der Waals surface area contributed by atoms with Crippen LogP contribution in [0.5, 0.6) is 0 Å². The van der Waals surface area contributed by atoms with Gasteiger partial charge in [0.25, 0.3) is 5.56 Å². The summed E-state index contributed by atoms with van der Waals surface area (Å²) < 4.78 is 2.40. The molecular formula is C18H24N4OS. The first-order valence-corrected chi connectivity index (χ1v) is 8.84. The van der Waals surface area contributed by atoms with Crippen LogP contribution >= 0.6 is 12.2 Å². The standard InChI is InChI=1S/C18H24N4OS/c1-4-5-9-21-10-14-16(19-11-21)22(18(24)20-17(14)23)15-8-6-7-12(2)13(15)3/h6-8,19H,4-5,9-11H2,1-3H3,(H,20,23,24). The predicted molar refractivity (Wildman–Crippen MR) is 101 cm³/mol. The Morgan fingerprint density at radius 1 is 1.29 bits per heavy atom. The number of unbranched alkanes of at least 4 members (excludes halogenated alkanes) is 1. The lowest BCUT2D eigenvalue weighted by molar-refractivity contribution is 0.268. The first-order chi connectivity index (χ1) is 11.5. The normalized spacial score (nSPS) is 14.3. The first kappa shape index (κ1) is 16.9. The van der Waals surface area contributed by atoms with Crippen LogP contribution in [-0.4, -0.2) is 27.7 Å². The molecule has 24 heavy (non-hydrogen) atoms. The Bertz CT molecular complexity index is 868. The molecule has 0 aliphatic carbocycles. The summed E-state index contributed by atoms with van der Waals surface area (Å²) in [7, 11) is 0. The number of aromatic nitrogens is 2. The third-order valence-corrected chi connectivity index (χ3v) is 4.99. The molecule has 1 aromatic heterocycles. The van der Waals surface area contributed by atoms with Crippen molar-refractivity contribution >= 4 is 18.0 Å². The third-order valence-electron chi connectivity index (χ3n) is 4.70. The van der Waals surface area contributed by atoms with Gasteiger partial charge in [0.2, 0.25) is 0 Å². The monoisotopic (exact) mass is 344 g/mol. The molecule has 5 nitrogen and oxygen atoms in total. The van der Waals surface area contributed by atoms with Gasteiger partial charge in [0.15, 0.2) is 4.77 Å². The lowest BCUT2D eigenvalue weighted by Crippen LogP contribution is -2.39. The topological polar surface area (TPSA) is 53.1 Å². The summed E-state index contributed by atoms with van der Waals surface area (Å²) in [6.07, 6.45) is 2.28. The second-order valence-corrected chi connectivity index (χ2v) is 6.77. The molecule has 2 aromatic rings. The van der Waals surface area contributed by atoms with Crippen molar-refractivity contribution in [3.8, 4) is 5.69 Å². The van der Waals surface area contributed by atoms with Crippen LogP contribution in [0.15, 0.2) is 23.0 Å². The van der Waals surface area contributed by atoms with Crippen LogP contribution in [-0.2, 0) is 6.54 Å². The van der Waals surface area contributed by atoms with E-state index in [4.69, 9.17) is 12.2 Å². The number of aryl methyl sites for hydroxylation is 1. The summed E-state index contributed by atoms with van der Waals surface area (Å²) in [5.74, 6) is 0.824. The Balaban J connectivity index is 2.12. The van der Waals surface area contributed by atoms with Crippen molar-refractivity contribution in [2.75, 3.05) is 18.5 Å². The number of nitrogens with one attached hydrogen (secondary N) is 2. The van der Waals surface area contributed by atoms with E-state index < -0.39 is 0 Å². The molecule has 0 spiro atoms. The van der Waals surface area contributed by atoms with Crippen LogP contribution in [0.2, 0.25) is 0 Å². The Morgan fingerprint density at radius 3 is 2.83 bits per heavy atom. The highest BCUT2D eigenvalue weighted by atomic mass is 32.1. The smallest absolute Gasteiger partial charge is 0.258 e. The zero-order valence-corrected chi connectivity index (χ0v) is 15.3. The van der Waals surface area contributed by atoms with Gasteiger partial charge in [-0.25, -0.2) is 0 Å². The second-order valence-electron chi connectivity index (χ2n) is 6.38. The number of hydrogen-bond donors (Lipinski definition) is 2. The zero-order chi connectivity index (χ0) is 17.3. The number of benzene rings is 1. The van der Waals surface area contributed by atoms with Gasteiger partial charge in [0, 0.05) is 13.1 Å². The maximum atomic E-state index is 12.4. The highest BCUT2D eigenvalue weighted by Crippen LogP contribution is 2.26. The van der Waals surface area contributed by atoms with Gasteiger partial charge in [0.1, 0.15) is 5.82 Å². The van der Waals surface area contributed by atoms with E-state index >= 15 is 0 Å². The molecular weight excluding hydrogens is 320 g/mol. The van der Waals surface area contributed by atoms with Gasteiger partial charge in [-0.05, 0) is 49.7 Å². The van der Waals surface area contributed by atoms with Crippen LogP contribution in [0.3, 0.4) is 0 Å². The molecule has 0 fully saturated rings. The van der Waals surface area contributed by atoms with Crippen LogP contribution in [0.25, 0.3) is 5.69 Å². The number of fused-ring (bicyclic) bond motifs is 1. The Morgan fingerprint density at radius 2 is 2.08 bits per heavy atom. The summed E-state index contributed by atoms with van der Waals surface area (Å²) in [6, 6.07) is 6.15. The molecule has 0 radical (unpaired) electrons. The van der Waals surface area contributed by atoms with Crippen LogP contribution < -0.4 is 10.9 Å². The summed E-state index contributed by atoms with van der Waals surface area (Å²) in [5.41, 5.74) is 4.05. The summed E-state index contributed by atoms with van der Waals surface area (Å²) >= 11 is 5.46. The number of rotatable bonds is 4. The average Bonchev–Trinajstić information content (AvgIpc) is 2.57. The van der Waals surface area contributed by atoms with Crippen molar-refractivity contribution in [1.29, 1.82) is 0 Å². The Hall–Kier alpha value is -1.92. The van der Waals surface area contributed by atoms with Crippen LogP contribution in [0.4, 0.5) is 5.82 Å². The van der Waals surface area contributed by atoms with Gasteiger partial charge in [-0.15, -0.1) is 0 Å². The fourth-order valence-electron chi connectivity index (χ4n) is 3.12. The SMILES string of the molecule is CCCCN1CNc2c(c(=O)[nH]c(=S)n2-c2cccc(C)c2C)C1.